The molecule has 3 aromatic heterocycles. The fourth-order valence-corrected chi connectivity index (χ4v) is 16.2. The summed E-state index contributed by atoms with van der Waals surface area (Å²) in [4.78, 5) is 0. The third-order valence-corrected chi connectivity index (χ3v) is 18.5. The Balaban J connectivity index is 1.21. The molecule has 0 saturated heterocycles. The highest BCUT2D eigenvalue weighted by Gasteiger charge is 2.54. The van der Waals surface area contributed by atoms with E-state index in [1.54, 1.807) is 0 Å². The number of nitrogens with zero attached hydrogens (tertiary/aromatic N) is 3. The molecule has 2 unspecified atom stereocenters. The first-order valence-corrected chi connectivity index (χ1v) is 25.6. The molecule has 70 heavy (non-hydrogen) atoms. The van der Waals surface area contributed by atoms with Crippen LogP contribution >= 0.6 is 0 Å². The molecule has 2 atom stereocenters. The van der Waals surface area contributed by atoms with E-state index in [0.717, 1.165) is 60.6 Å². The SMILES string of the molecule is Cc1cccc(C)c1-c1c2oc3ccccc3c2c2c3c4c(c(C#N)cc3n3c5cc(C#N)c6c(c5c1c23)C1CC2CC(CC6C2)C1)C1(c2ccccc2-c2ccccc21)c1cc(C(C)(C)C)ccc1-4. The molecule has 3 heterocycles. The van der Waals surface area contributed by atoms with Gasteiger partial charge in [-0.15, -0.1) is 0 Å². The molecule has 4 nitrogen and oxygen atoms in total. The van der Waals surface area contributed by atoms with Gasteiger partial charge >= 0.3 is 0 Å². The van der Waals surface area contributed by atoms with E-state index in [2.05, 4.69) is 172 Å². The Morgan fingerprint density at radius 1 is 0.557 bits per heavy atom. The maximum Gasteiger partial charge on any atom is 0.144 e. The van der Waals surface area contributed by atoms with Gasteiger partial charge in [-0.1, -0.05) is 124 Å². The standard InChI is InChI=1S/C66H49N3O/c1-33-13-12-14-34(2)52(33)61-60-57-49(28-39(31-67)53-37-24-35-23-36(25-37)27-38(26-35)54(53)57)69-50-29-40(32-68)62-55(58(50)59(63(60)69)56-45-17-8-11-20-51(45)70-64(56)61)44-22-21-41(65(3,4)5)30-48(44)66(62)46-18-9-6-15-42(46)43-16-7-10-19-47(43)66/h6-22,28-30,35-38H,23-27H2,1-5H3. The summed E-state index contributed by atoms with van der Waals surface area (Å²) in [6, 6.07) is 50.6. The first kappa shape index (κ1) is 39.2. The quantitative estimate of drug-likeness (QED) is 0.165. The molecular formula is C66H49N3O. The molecule has 4 heteroatoms. The van der Waals surface area contributed by atoms with E-state index in [1.807, 2.05) is 0 Å². The number of rotatable bonds is 1. The maximum atomic E-state index is 11.9. The van der Waals surface area contributed by atoms with Crippen LogP contribution in [-0.4, -0.2) is 4.40 Å². The minimum Gasteiger partial charge on any atom is -0.455 e. The van der Waals surface area contributed by atoms with Gasteiger partial charge in [0.15, 0.2) is 0 Å². The van der Waals surface area contributed by atoms with Crippen LogP contribution in [-0.2, 0) is 10.8 Å². The van der Waals surface area contributed by atoms with E-state index >= 15 is 0 Å². The monoisotopic (exact) mass is 899 g/mol. The van der Waals surface area contributed by atoms with Gasteiger partial charge in [0.25, 0.3) is 0 Å². The van der Waals surface area contributed by atoms with Crippen molar-refractivity contribution in [2.45, 2.75) is 89.4 Å². The van der Waals surface area contributed by atoms with Gasteiger partial charge in [0.05, 0.1) is 45.2 Å². The molecule has 8 aromatic carbocycles. The van der Waals surface area contributed by atoms with Crippen molar-refractivity contribution in [3.05, 3.63) is 183 Å². The van der Waals surface area contributed by atoms with Crippen molar-refractivity contribution in [2.75, 3.05) is 0 Å². The van der Waals surface area contributed by atoms with E-state index in [-0.39, 0.29) is 5.41 Å². The molecule has 1 spiro atoms. The molecule has 334 valence electrons. The van der Waals surface area contributed by atoms with E-state index in [9.17, 15) is 10.5 Å². The predicted octanol–water partition coefficient (Wildman–Crippen LogP) is 16.8. The van der Waals surface area contributed by atoms with Gasteiger partial charge in [-0.05, 0) is 171 Å². The lowest BCUT2D eigenvalue weighted by Gasteiger charge is -2.38. The number of fused-ring (bicyclic) bond motifs is 21. The van der Waals surface area contributed by atoms with Gasteiger partial charge < -0.3 is 8.82 Å². The van der Waals surface area contributed by atoms with Crippen molar-refractivity contribution in [3.63, 3.8) is 0 Å². The van der Waals surface area contributed by atoms with Crippen molar-refractivity contribution in [1.82, 2.24) is 4.40 Å². The zero-order chi connectivity index (χ0) is 46.9. The molecule has 6 aliphatic carbocycles. The lowest BCUT2D eigenvalue weighted by molar-refractivity contribution is 0.166. The number of aromatic nitrogens is 1. The second-order valence-corrected chi connectivity index (χ2v) is 23.0. The van der Waals surface area contributed by atoms with Gasteiger partial charge in [0.2, 0.25) is 0 Å². The summed E-state index contributed by atoms with van der Waals surface area (Å²) in [5.41, 5.74) is 24.0. The highest BCUT2D eigenvalue weighted by atomic mass is 16.3. The van der Waals surface area contributed by atoms with Crippen molar-refractivity contribution < 1.29 is 4.42 Å². The maximum absolute atomic E-state index is 11.9. The van der Waals surface area contributed by atoms with E-state index in [0.29, 0.717) is 29.2 Å². The van der Waals surface area contributed by atoms with Crippen LogP contribution in [0.5, 0.6) is 0 Å². The number of furan rings is 1. The highest BCUT2D eigenvalue weighted by molar-refractivity contribution is 6.41. The van der Waals surface area contributed by atoms with Crippen molar-refractivity contribution in [2.24, 2.45) is 11.8 Å². The number of nitriles is 2. The van der Waals surface area contributed by atoms with Crippen LogP contribution < -0.4 is 0 Å². The molecular weight excluding hydrogens is 851 g/mol. The van der Waals surface area contributed by atoms with Crippen LogP contribution in [0.3, 0.4) is 0 Å². The Morgan fingerprint density at radius 3 is 1.87 bits per heavy atom. The Bertz CT molecular complexity index is 4260. The third-order valence-electron chi connectivity index (χ3n) is 18.5. The smallest absolute Gasteiger partial charge is 0.144 e. The summed E-state index contributed by atoms with van der Waals surface area (Å²) in [5.74, 6) is 2.13. The molecule has 2 fully saturated rings. The first-order valence-electron chi connectivity index (χ1n) is 25.6. The molecule has 0 aliphatic heterocycles. The summed E-state index contributed by atoms with van der Waals surface area (Å²) in [7, 11) is 0. The van der Waals surface area contributed by atoms with Gasteiger partial charge in [0.1, 0.15) is 11.2 Å². The molecule has 6 aliphatic rings. The van der Waals surface area contributed by atoms with Crippen LogP contribution in [0.25, 0.3) is 93.4 Å². The van der Waals surface area contributed by atoms with Crippen LogP contribution in [0.2, 0.25) is 0 Å². The summed E-state index contributed by atoms with van der Waals surface area (Å²) in [6.45, 7) is 11.4. The molecule has 11 aromatic rings. The number of hydrogen-bond donors (Lipinski definition) is 0. The van der Waals surface area contributed by atoms with E-state index in [4.69, 9.17) is 4.42 Å². The molecule has 0 radical (unpaired) electrons. The van der Waals surface area contributed by atoms with Gasteiger partial charge in [-0.3, -0.25) is 0 Å². The fourth-order valence-electron chi connectivity index (χ4n) is 16.2. The average Bonchev–Trinajstić information content (AvgIpc) is 4.13. The summed E-state index contributed by atoms with van der Waals surface area (Å²) < 4.78 is 9.96. The van der Waals surface area contributed by atoms with Crippen molar-refractivity contribution >= 4 is 60.0 Å². The second kappa shape index (κ2) is 12.9. The van der Waals surface area contributed by atoms with Gasteiger partial charge in [-0.25, -0.2) is 0 Å². The predicted molar refractivity (Wildman–Crippen MR) is 283 cm³/mol. The normalized spacial score (nSPS) is 20.2. The van der Waals surface area contributed by atoms with E-state index in [1.165, 1.54) is 121 Å². The van der Waals surface area contributed by atoms with Crippen LogP contribution in [0, 0.1) is 48.3 Å². The highest BCUT2D eigenvalue weighted by Crippen LogP contribution is 2.67. The van der Waals surface area contributed by atoms with Gasteiger partial charge in [0, 0.05) is 37.9 Å². The topological polar surface area (TPSA) is 65.1 Å². The minimum atomic E-state index is -0.739. The average molecular weight is 900 g/mol. The molecule has 0 N–H and O–H groups in total. The summed E-state index contributed by atoms with van der Waals surface area (Å²) >= 11 is 0. The molecule has 17 rings (SSSR count). The summed E-state index contributed by atoms with van der Waals surface area (Å²) in [5, 5.41) is 30.4. The minimum absolute atomic E-state index is 0.118. The van der Waals surface area contributed by atoms with Crippen LogP contribution in [0.15, 0.2) is 126 Å². The number of aryl methyl sites for hydroxylation is 2. The molecule has 0 amide bonds. The zero-order valence-electron chi connectivity index (χ0n) is 40.1. The molecule has 2 saturated carbocycles. The number of benzene rings is 8. The Hall–Kier alpha value is -7.66. The number of para-hydroxylation sites is 1. The Kier molecular flexibility index (Phi) is 7.25. The van der Waals surface area contributed by atoms with Crippen LogP contribution in [0.4, 0.5) is 0 Å². The lowest BCUT2D eigenvalue weighted by atomic mass is 9.67. The largest absolute Gasteiger partial charge is 0.455 e. The fraction of sp³-hybridized carbons (Fsp3) is 0.242. The molecule has 4 bridgehead atoms. The first-order chi connectivity index (χ1) is 34.1. The summed E-state index contributed by atoms with van der Waals surface area (Å²) in [6.07, 6.45) is 6.01. The van der Waals surface area contributed by atoms with Crippen LogP contribution in [0.1, 0.15) is 126 Å². The van der Waals surface area contributed by atoms with Crippen molar-refractivity contribution in [3.8, 4) is 45.5 Å². The van der Waals surface area contributed by atoms with Gasteiger partial charge in [-0.2, -0.15) is 10.5 Å². The Labute approximate surface area is 406 Å². The van der Waals surface area contributed by atoms with E-state index < -0.39 is 5.41 Å². The second-order valence-electron chi connectivity index (χ2n) is 23.0. The van der Waals surface area contributed by atoms with Crippen molar-refractivity contribution in [1.29, 1.82) is 10.5 Å². The number of hydrogen-bond acceptors (Lipinski definition) is 3. The Morgan fingerprint density at radius 2 is 1.19 bits per heavy atom. The zero-order valence-corrected chi connectivity index (χ0v) is 40.1. The lowest BCUT2D eigenvalue weighted by Crippen LogP contribution is -2.27. The third kappa shape index (κ3) is 4.46.